The highest BCUT2D eigenvalue weighted by atomic mass is 19.1. The Morgan fingerprint density at radius 2 is 1.86 bits per heavy atom. The van der Waals surface area contributed by atoms with Crippen LogP contribution in [-0.2, 0) is 16.1 Å². The fourth-order valence-electron chi connectivity index (χ4n) is 2.34. The highest BCUT2D eigenvalue weighted by Gasteiger charge is 2.32. The molecule has 0 aliphatic heterocycles. The lowest BCUT2D eigenvalue weighted by atomic mass is 10.1. The molecular formula is C16H19F2NO3. The fourth-order valence-corrected chi connectivity index (χ4v) is 2.34. The summed E-state index contributed by atoms with van der Waals surface area (Å²) in [5.74, 6) is -2.26. The Morgan fingerprint density at radius 1 is 1.18 bits per heavy atom. The molecule has 1 N–H and O–H groups in total. The van der Waals surface area contributed by atoms with Gasteiger partial charge >= 0.3 is 5.97 Å². The zero-order chi connectivity index (χ0) is 16.1. The first-order chi connectivity index (χ1) is 10.5. The van der Waals surface area contributed by atoms with Crippen LogP contribution in [0.15, 0.2) is 18.2 Å². The number of halogens is 2. The number of nitrogens with zero attached hydrogens (tertiary/aromatic N) is 1. The van der Waals surface area contributed by atoms with E-state index in [0.29, 0.717) is 18.4 Å². The Labute approximate surface area is 127 Å². The molecule has 0 saturated heterocycles. The minimum absolute atomic E-state index is 0.0449. The van der Waals surface area contributed by atoms with E-state index in [2.05, 4.69) is 0 Å². The zero-order valence-electron chi connectivity index (χ0n) is 12.2. The second-order valence-electron chi connectivity index (χ2n) is 5.59. The molecule has 1 amide bonds. The number of hydrogen-bond acceptors (Lipinski definition) is 2. The molecule has 1 aliphatic carbocycles. The number of carboxylic acids is 1. The molecule has 0 bridgehead atoms. The molecule has 2 rings (SSSR count). The monoisotopic (exact) mass is 311 g/mol. The quantitative estimate of drug-likeness (QED) is 0.751. The predicted octanol–water partition coefficient (Wildman–Crippen LogP) is 3.10. The van der Waals surface area contributed by atoms with Gasteiger partial charge in [0.25, 0.3) is 0 Å². The average molecular weight is 311 g/mol. The highest BCUT2D eigenvalue weighted by Crippen LogP contribution is 2.29. The summed E-state index contributed by atoms with van der Waals surface area (Å²) in [7, 11) is 0. The van der Waals surface area contributed by atoms with Gasteiger partial charge in [-0.1, -0.05) is 6.07 Å². The maximum absolute atomic E-state index is 13.7. The Morgan fingerprint density at radius 3 is 2.45 bits per heavy atom. The van der Waals surface area contributed by atoms with Gasteiger partial charge in [-0.3, -0.25) is 9.59 Å². The summed E-state index contributed by atoms with van der Waals surface area (Å²) >= 11 is 0. The van der Waals surface area contributed by atoms with Crippen LogP contribution in [0.2, 0.25) is 0 Å². The minimum Gasteiger partial charge on any atom is -0.481 e. The van der Waals surface area contributed by atoms with Crippen molar-refractivity contribution >= 4 is 11.9 Å². The van der Waals surface area contributed by atoms with E-state index in [1.54, 1.807) is 4.90 Å². The van der Waals surface area contributed by atoms with Crippen LogP contribution in [0.4, 0.5) is 8.78 Å². The van der Waals surface area contributed by atoms with E-state index < -0.39 is 17.6 Å². The van der Waals surface area contributed by atoms with Crippen LogP contribution in [0.1, 0.15) is 44.1 Å². The van der Waals surface area contributed by atoms with Gasteiger partial charge in [0.1, 0.15) is 11.6 Å². The largest absolute Gasteiger partial charge is 0.481 e. The highest BCUT2D eigenvalue weighted by molar-refractivity contribution is 5.77. The summed E-state index contributed by atoms with van der Waals surface area (Å²) in [6.45, 7) is 0.133. The Bertz CT molecular complexity index is 558. The smallest absolute Gasteiger partial charge is 0.303 e. The average Bonchev–Trinajstić information content (AvgIpc) is 3.27. The maximum Gasteiger partial charge on any atom is 0.303 e. The molecular weight excluding hydrogens is 292 g/mol. The number of benzene rings is 1. The molecule has 0 spiro atoms. The van der Waals surface area contributed by atoms with Crippen LogP contribution < -0.4 is 0 Å². The summed E-state index contributed by atoms with van der Waals surface area (Å²) < 4.78 is 26.6. The van der Waals surface area contributed by atoms with E-state index in [1.807, 2.05) is 0 Å². The lowest BCUT2D eigenvalue weighted by Crippen LogP contribution is -2.32. The van der Waals surface area contributed by atoms with Gasteiger partial charge in [0.15, 0.2) is 0 Å². The molecule has 22 heavy (non-hydrogen) atoms. The van der Waals surface area contributed by atoms with Crippen molar-refractivity contribution in [1.29, 1.82) is 0 Å². The van der Waals surface area contributed by atoms with Crippen molar-refractivity contribution in [2.45, 2.75) is 51.1 Å². The first-order valence-corrected chi connectivity index (χ1v) is 7.42. The van der Waals surface area contributed by atoms with Crippen molar-refractivity contribution in [2.24, 2.45) is 0 Å². The van der Waals surface area contributed by atoms with Gasteiger partial charge in [-0.25, -0.2) is 8.78 Å². The van der Waals surface area contributed by atoms with E-state index in [1.165, 1.54) is 12.1 Å². The molecule has 1 aromatic carbocycles. The van der Waals surface area contributed by atoms with E-state index in [4.69, 9.17) is 5.11 Å². The van der Waals surface area contributed by atoms with E-state index >= 15 is 0 Å². The molecule has 1 aromatic rings. The van der Waals surface area contributed by atoms with Gasteiger partial charge in [0.2, 0.25) is 5.91 Å². The summed E-state index contributed by atoms with van der Waals surface area (Å²) in [4.78, 5) is 24.3. The third kappa shape index (κ3) is 4.79. The number of hydrogen-bond donors (Lipinski definition) is 1. The minimum atomic E-state index is -0.875. The zero-order valence-corrected chi connectivity index (χ0v) is 12.2. The topological polar surface area (TPSA) is 57.6 Å². The summed E-state index contributed by atoms with van der Waals surface area (Å²) in [5, 5.41) is 8.57. The first kappa shape index (κ1) is 16.4. The number of carbonyl (C=O) groups excluding carboxylic acids is 1. The van der Waals surface area contributed by atoms with E-state index in [-0.39, 0.29) is 31.3 Å². The summed E-state index contributed by atoms with van der Waals surface area (Å²) in [6.07, 6.45) is 3.04. The molecule has 0 radical (unpaired) electrons. The fraction of sp³-hybridized carbons (Fsp3) is 0.500. The predicted molar refractivity (Wildman–Crippen MR) is 76.0 cm³/mol. The van der Waals surface area contributed by atoms with Crippen LogP contribution >= 0.6 is 0 Å². The van der Waals surface area contributed by atoms with E-state index in [0.717, 1.165) is 18.9 Å². The molecule has 1 aliphatic rings. The molecule has 4 nitrogen and oxygen atoms in total. The second-order valence-corrected chi connectivity index (χ2v) is 5.59. The van der Waals surface area contributed by atoms with Crippen molar-refractivity contribution in [2.75, 3.05) is 0 Å². The molecule has 6 heteroatoms. The van der Waals surface area contributed by atoms with Gasteiger partial charge < -0.3 is 10.0 Å². The Kier molecular flexibility index (Phi) is 5.46. The normalized spacial score (nSPS) is 13.9. The van der Waals surface area contributed by atoms with Crippen LogP contribution in [0.5, 0.6) is 0 Å². The lowest BCUT2D eigenvalue weighted by molar-refractivity contribution is -0.137. The van der Waals surface area contributed by atoms with Crippen LogP contribution in [-0.4, -0.2) is 27.9 Å². The van der Waals surface area contributed by atoms with Gasteiger partial charge in [0, 0.05) is 37.1 Å². The molecule has 0 unspecified atom stereocenters. The van der Waals surface area contributed by atoms with Gasteiger partial charge in [-0.15, -0.1) is 0 Å². The number of aliphatic carboxylic acids is 1. The van der Waals surface area contributed by atoms with Crippen molar-refractivity contribution in [3.63, 3.8) is 0 Å². The third-order valence-electron chi connectivity index (χ3n) is 3.70. The number of rotatable bonds is 8. The molecule has 120 valence electrons. The SMILES string of the molecule is O=C(O)CCCCC(=O)N(Cc1ccc(F)cc1F)C1CC1. The molecule has 0 atom stereocenters. The first-order valence-electron chi connectivity index (χ1n) is 7.42. The Balaban J connectivity index is 1.92. The standard InChI is InChI=1S/C16H19F2NO3/c17-12-6-5-11(14(18)9-12)10-19(13-7-8-13)15(20)3-1-2-4-16(21)22/h5-6,9,13H,1-4,7-8,10H2,(H,21,22). The van der Waals surface area contributed by atoms with Crippen molar-refractivity contribution in [1.82, 2.24) is 4.90 Å². The molecule has 1 saturated carbocycles. The second kappa shape index (κ2) is 7.33. The van der Waals surface area contributed by atoms with Crippen molar-refractivity contribution in [3.05, 3.63) is 35.4 Å². The lowest BCUT2D eigenvalue weighted by Gasteiger charge is -2.23. The van der Waals surface area contributed by atoms with E-state index in [9.17, 15) is 18.4 Å². The molecule has 1 fully saturated rings. The van der Waals surface area contributed by atoms with Crippen LogP contribution in [0, 0.1) is 11.6 Å². The number of amides is 1. The van der Waals surface area contributed by atoms with Crippen molar-refractivity contribution in [3.8, 4) is 0 Å². The summed E-state index contributed by atoms with van der Waals surface area (Å²) in [6, 6.07) is 3.48. The van der Waals surface area contributed by atoms with Crippen LogP contribution in [0.25, 0.3) is 0 Å². The number of unbranched alkanes of at least 4 members (excludes halogenated alkanes) is 1. The molecule has 0 aromatic heterocycles. The van der Waals surface area contributed by atoms with Gasteiger partial charge in [-0.2, -0.15) is 0 Å². The maximum atomic E-state index is 13.7. The molecule has 0 heterocycles. The van der Waals surface area contributed by atoms with Crippen LogP contribution in [0.3, 0.4) is 0 Å². The van der Waals surface area contributed by atoms with Gasteiger partial charge in [0.05, 0.1) is 0 Å². The third-order valence-corrected chi connectivity index (χ3v) is 3.70. The summed E-state index contributed by atoms with van der Waals surface area (Å²) in [5.41, 5.74) is 0.298. The van der Waals surface area contributed by atoms with Crippen molar-refractivity contribution < 1.29 is 23.5 Å². The Hall–Kier alpha value is -1.98. The number of carboxylic acid groups (broad SMARTS) is 1. The van der Waals surface area contributed by atoms with Gasteiger partial charge in [-0.05, 0) is 31.7 Å². The number of carbonyl (C=O) groups is 2.